The Morgan fingerprint density at radius 3 is 2.45 bits per heavy atom. The number of fused-ring (bicyclic) bond motifs is 2. The third-order valence-corrected chi connectivity index (χ3v) is 5.51. The molecule has 2 saturated heterocycles. The van der Waals surface area contributed by atoms with Crippen molar-refractivity contribution in [2.45, 2.75) is 38.3 Å². The van der Waals surface area contributed by atoms with Gasteiger partial charge >= 0.3 is 0 Å². The number of benzene rings is 1. The maximum Gasteiger partial charge on any atom is 0.222 e. The number of halogens is 1. The second-order valence-corrected chi connectivity index (χ2v) is 7.03. The van der Waals surface area contributed by atoms with E-state index in [1.165, 1.54) is 5.56 Å². The predicted molar refractivity (Wildman–Crippen MR) is 93.7 cm³/mol. The van der Waals surface area contributed by atoms with Gasteiger partial charge in [-0.3, -0.25) is 9.69 Å². The standard InChI is InChI=1S/C18H23BrN2O/c1-2-18(22)21-15-8-9-16(21)13-20(12-15)11-10-17(19)14-6-4-3-5-7-14/h3-7,10,15-16H,2,8-9,11-13H2,1H3/b17-10+. The first-order valence-corrected chi connectivity index (χ1v) is 8.93. The average Bonchev–Trinajstić information content (AvgIpc) is 2.83. The minimum Gasteiger partial charge on any atom is -0.334 e. The maximum absolute atomic E-state index is 12.1. The summed E-state index contributed by atoms with van der Waals surface area (Å²) in [6.45, 7) is 4.92. The molecule has 2 atom stereocenters. The summed E-state index contributed by atoms with van der Waals surface area (Å²) in [4.78, 5) is 16.7. The molecule has 2 unspecified atom stereocenters. The minimum absolute atomic E-state index is 0.327. The number of carbonyl (C=O) groups excluding carboxylic acids is 1. The number of hydrogen-bond donors (Lipinski definition) is 0. The molecule has 0 radical (unpaired) electrons. The lowest BCUT2D eigenvalue weighted by Gasteiger charge is -2.40. The van der Waals surface area contributed by atoms with Crippen LogP contribution in [0.3, 0.4) is 0 Å². The quantitative estimate of drug-likeness (QED) is 0.818. The third kappa shape index (κ3) is 3.28. The number of likely N-dealkylation sites (tertiary alicyclic amines) is 1. The van der Waals surface area contributed by atoms with Crippen LogP contribution < -0.4 is 0 Å². The topological polar surface area (TPSA) is 23.6 Å². The van der Waals surface area contributed by atoms with Crippen molar-refractivity contribution in [1.82, 2.24) is 9.80 Å². The molecule has 1 amide bonds. The molecule has 1 aromatic carbocycles. The second-order valence-electron chi connectivity index (χ2n) is 6.18. The van der Waals surface area contributed by atoms with E-state index in [-0.39, 0.29) is 0 Å². The van der Waals surface area contributed by atoms with Crippen LogP contribution in [0.4, 0.5) is 0 Å². The highest BCUT2D eigenvalue weighted by molar-refractivity contribution is 9.15. The summed E-state index contributed by atoms with van der Waals surface area (Å²) in [6.07, 6.45) is 5.20. The van der Waals surface area contributed by atoms with E-state index >= 15 is 0 Å². The van der Waals surface area contributed by atoms with Gasteiger partial charge < -0.3 is 4.90 Å². The molecule has 118 valence electrons. The zero-order chi connectivity index (χ0) is 15.5. The monoisotopic (exact) mass is 362 g/mol. The SMILES string of the molecule is CCC(=O)N1C2CCC1CN(C/C=C(/Br)c1ccccc1)C2. The molecule has 3 nitrogen and oxygen atoms in total. The van der Waals surface area contributed by atoms with Gasteiger partial charge in [-0.05, 0) is 18.4 Å². The van der Waals surface area contributed by atoms with Crippen molar-refractivity contribution >= 4 is 26.3 Å². The molecule has 1 aromatic rings. The van der Waals surface area contributed by atoms with Crippen molar-refractivity contribution in [1.29, 1.82) is 0 Å². The Kier molecular flexibility index (Phi) is 4.99. The van der Waals surface area contributed by atoms with E-state index in [0.717, 1.165) is 37.0 Å². The fraction of sp³-hybridized carbons (Fsp3) is 0.500. The number of carbonyl (C=O) groups is 1. The Bertz CT molecular complexity index is 543. The van der Waals surface area contributed by atoms with Crippen molar-refractivity contribution in [2.75, 3.05) is 19.6 Å². The summed E-state index contributed by atoms with van der Waals surface area (Å²) in [7, 11) is 0. The highest BCUT2D eigenvalue weighted by Gasteiger charge is 2.41. The maximum atomic E-state index is 12.1. The van der Waals surface area contributed by atoms with E-state index in [1.807, 2.05) is 13.0 Å². The van der Waals surface area contributed by atoms with E-state index in [2.05, 4.69) is 56.1 Å². The number of rotatable bonds is 4. The fourth-order valence-electron chi connectivity index (χ4n) is 3.65. The van der Waals surface area contributed by atoms with E-state index in [1.54, 1.807) is 0 Å². The van der Waals surface area contributed by atoms with E-state index in [9.17, 15) is 4.79 Å². The molecule has 2 aliphatic rings. The Morgan fingerprint density at radius 2 is 1.86 bits per heavy atom. The smallest absolute Gasteiger partial charge is 0.222 e. The normalized spacial score (nSPS) is 25.5. The van der Waals surface area contributed by atoms with Crippen LogP contribution in [-0.4, -0.2) is 47.4 Å². The first-order chi connectivity index (χ1) is 10.7. The third-order valence-electron chi connectivity index (χ3n) is 4.73. The van der Waals surface area contributed by atoms with E-state index in [4.69, 9.17) is 0 Å². The molecule has 2 aliphatic heterocycles. The molecule has 0 N–H and O–H groups in total. The number of hydrogen-bond acceptors (Lipinski definition) is 2. The zero-order valence-electron chi connectivity index (χ0n) is 13.0. The van der Waals surface area contributed by atoms with Gasteiger partial charge in [0.05, 0.1) is 0 Å². The lowest BCUT2D eigenvalue weighted by molar-refractivity contribution is -0.136. The summed E-state index contributed by atoms with van der Waals surface area (Å²) in [5.41, 5.74) is 1.21. The highest BCUT2D eigenvalue weighted by Crippen LogP contribution is 2.31. The first kappa shape index (κ1) is 15.8. The summed E-state index contributed by atoms with van der Waals surface area (Å²) in [6, 6.07) is 11.2. The molecule has 0 spiro atoms. The zero-order valence-corrected chi connectivity index (χ0v) is 14.6. The molecule has 0 saturated carbocycles. The highest BCUT2D eigenvalue weighted by atomic mass is 79.9. The van der Waals surface area contributed by atoms with Gasteiger partial charge in [-0.25, -0.2) is 0 Å². The Balaban J connectivity index is 1.61. The molecule has 3 rings (SSSR count). The van der Waals surface area contributed by atoms with Crippen LogP contribution in [0.1, 0.15) is 31.7 Å². The number of piperazine rings is 1. The van der Waals surface area contributed by atoms with Gasteiger partial charge in [0, 0.05) is 42.6 Å². The fourth-order valence-corrected chi connectivity index (χ4v) is 4.06. The van der Waals surface area contributed by atoms with Gasteiger partial charge in [-0.1, -0.05) is 59.3 Å². The summed E-state index contributed by atoms with van der Waals surface area (Å²) in [5.74, 6) is 0.327. The molecule has 4 heteroatoms. The lowest BCUT2D eigenvalue weighted by Crippen LogP contribution is -2.55. The van der Waals surface area contributed by atoms with Crippen LogP contribution in [-0.2, 0) is 4.79 Å². The second kappa shape index (κ2) is 6.97. The molecular weight excluding hydrogens is 340 g/mol. The Morgan fingerprint density at radius 1 is 1.23 bits per heavy atom. The first-order valence-electron chi connectivity index (χ1n) is 8.13. The molecule has 0 aromatic heterocycles. The molecular formula is C18H23BrN2O. The Hall–Kier alpha value is -1.13. The predicted octanol–water partition coefficient (Wildman–Crippen LogP) is 3.51. The van der Waals surface area contributed by atoms with Gasteiger partial charge in [0.2, 0.25) is 5.91 Å². The Labute approximate surface area is 141 Å². The van der Waals surface area contributed by atoms with Gasteiger partial charge in [0.1, 0.15) is 0 Å². The average molecular weight is 363 g/mol. The number of amides is 1. The van der Waals surface area contributed by atoms with Gasteiger partial charge in [0.15, 0.2) is 0 Å². The van der Waals surface area contributed by atoms with E-state index in [0.29, 0.717) is 24.4 Å². The summed E-state index contributed by atoms with van der Waals surface area (Å²) < 4.78 is 1.15. The van der Waals surface area contributed by atoms with Crippen molar-refractivity contribution in [3.8, 4) is 0 Å². The van der Waals surface area contributed by atoms with Crippen molar-refractivity contribution in [2.24, 2.45) is 0 Å². The summed E-state index contributed by atoms with van der Waals surface area (Å²) >= 11 is 3.67. The van der Waals surface area contributed by atoms with Crippen LogP contribution in [0.15, 0.2) is 36.4 Å². The van der Waals surface area contributed by atoms with Gasteiger partial charge in [-0.2, -0.15) is 0 Å². The van der Waals surface area contributed by atoms with Crippen LogP contribution >= 0.6 is 15.9 Å². The van der Waals surface area contributed by atoms with Crippen LogP contribution in [0.2, 0.25) is 0 Å². The minimum atomic E-state index is 0.327. The van der Waals surface area contributed by atoms with E-state index < -0.39 is 0 Å². The largest absolute Gasteiger partial charge is 0.334 e. The van der Waals surface area contributed by atoms with Crippen LogP contribution in [0.5, 0.6) is 0 Å². The number of nitrogens with zero attached hydrogens (tertiary/aromatic N) is 2. The molecule has 2 bridgehead atoms. The summed E-state index contributed by atoms with van der Waals surface area (Å²) in [5, 5.41) is 0. The van der Waals surface area contributed by atoms with Crippen LogP contribution in [0, 0.1) is 0 Å². The van der Waals surface area contributed by atoms with Crippen molar-refractivity contribution in [3.05, 3.63) is 42.0 Å². The molecule has 0 aliphatic carbocycles. The molecule has 22 heavy (non-hydrogen) atoms. The van der Waals surface area contributed by atoms with Crippen molar-refractivity contribution in [3.63, 3.8) is 0 Å². The lowest BCUT2D eigenvalue weighted by atomic mass is 10.1. The molecule has 2 fully saturated rings. The van der Waals surface area contributed by atoms with Gasteiger partial charge in [0.25, 0.3) is 0 Å². The van der Waals surface area contributed by atoms with Gasteiger partial charge in [-0.15, -0.1) is 0 Å². The van der Waals surface area contributed by atoms with Crippen LogP contribution in [0.25, 0.3) is 4.48 Å². The molecule has 2 heterocycles. The van der Waals surface area contributed by atoms with Crippen molar-refractivity contribution < 1.29 is 4.79 Å².